The Labute approximate surface area is 85.1 Å². The molecular weight excluding hydrogens is 206 g/mol. The van der Waals surface area contributed by atoms with E-state index in [1.807, 2.05) is 5.32 Å². The minimum atomic E-state index is -1.22. The van der Waals surface area contributed by atoms with Gasteiger partial charge in [0.2, 0.25) is 12.5 Å². The predicted octanol–water partition coefficient (Wildman–Crippen LogP) is -1.31. The summed E-state index contributed by atoms with van der Waals surface area (Å²) in [5, 5.41) is 21.8. The van der Waals surface area contributed by atoms with Crippen LogP contribution in [-0.4, -0.2) is 43.1 Å². The monoisotopic (exact) mass is 215 g/mol. The summed E-state index contributed by atoms with van der Waals surface area (Å²) in [6.07, 6.45) is 0. The van der Waals surface area contributed by atoms with Gasteiger partial charge in [0, 0.05) is 7.11 Å². The van der Waals surface area contributed by atoms with Gasteiger partial charge in [0.15, 0.2) is 0 Å². The Kier molecular flexibility index (Phi) is 6.24. The van der Waals surface area contributed by atoms with Crippen molar-refractivity contribution in [3.05, 3.63) is 0 Å². The van der Waals surface area contributed by atoms with Gasteiger partial charge in [-0.3, -0.25) is 9.59 Å². The molecule has 0 aliphatic rings. The maximum atomic E-state index is 11.0. The van der Waals surface area contributed by atoms with Gasteiger partial charge in [-0.25, -0.2) is 0 Å². The molecule has 0 aromatic heterocycles. The summed E-state index contributed by atoms with van der Waals surface area (Å²) in [4.78, 5) is 25.5. The lowest BCUT2D eigenvalue weighted by Crippen LogP contribution is -2.34. The molecule has 0 atom stereocenters. The number of rotatable bonds is 6. The molecule has 0 rings (SSSR count). The second-order valence-corrected chi connectivity index (χ2v) is 2.16. The number of methoxy groups -OCH3 is 1. The van der Waals surface area contributed by atoms with E-state index in [2.05, 4.69) is 14.7 Å². The van der Waals surface area contributed by atoms with Crippen LogP contribution in [0.2, 0.25) is 0 Å². The normalized spacial score (nSPS) is 10.3. The number of nitrogens with zero attached hydrogens (tertiary/aromatic N) is 2. The Bertz CT molecular complexity index is 306. The fourth-order valence-electron chi connectivity index (χ4n) is 0.496. The number of carbonyl (C=O) groups excluding carboxylic acids is 1. The fraction of sp³-hybridized carbons (Fsp3) is 0.429. The molecule has 1 amide bonds. The first-order chi connectivity index (χ1) is 7.11. The summed E-state index contributed by atoms with van der Waals surface area (Å²) in [6.45, 7) is -0.804. The number of hydrogen-bond donors (Lipinski definition) is 2. The summed E-state index contributed by atoms with van der Waals surface area (Å²) < 4.78 is 4.45. The highest BCUT2D eigenvalue weighted by atomic mass is 16.7. The topological polar surface area (TPSA) is 121 Å². The fourth-order valence-corrected chi connectivity index (χ4v) is 0.496. The highest BCUT2D eigenvalue weighted by molar-refractivity contribution is 6.45. The standard InChI is InChI=1S/C7H9N3O5/c1-14-4-15-10-5(2-8)7(13)9-3-6(11)12/h3-4H2,1H3,(H,9,13)(H,11,12)/b10-5+. The van der Waals surface area contributed by atoms with Gasteiger partial charge in [0.25, 0.3) is 5.91 Å². The molecule has 0 spiro atoms. The number of nitriles is 1. The largest absolute Gasteiger partial charge is 0.480 e. The van der Waals surface area contributed by atoms with Crippen molar-refractivity contribution in [2.75, 3.05) is 20.4 Å². The first-order valence-electron chi connectivity index (χ1n) is 3.70. The third-order valence-electron chi connectivity index (χ3n) is 1.05. The van der Waals surface area contributed by atoms with Gasteiger partial charge in [0.1, 0.15) is 12.6 Å². The van der Waals surface area contributed by atoms with Gasteiger partial charge in [-0.1, -0.05) is 5.16 Å². The quantitative estimate of drug-likeness (QED) is 0.245. The van der Waals surface area contributed by atoms with Crippen LogP contribution in [0.25, 0.3) is 0 Å². The second kappa shape index (κ2) is 7.28. The summed E-state index contributed by atoms with van der Waals surface area (Å²) in [5.41, 5.74) is -0.576. The highest BCUT2D eigenvalue weighted by Crippen LogP contribution is 1.82. The van der Waals surface area contributed by atoms with Crippen LogP contribution in [0.3, 0.4) is 0 Å². The molecule has 0 saturated carbocycles. The zero-order valence-corrected chi connectivity index (χ0v) is 7.89. The summed E-state index contributed by atoms with van der Waals surface area (Å²) >= 11 is 0. The number of carbonyl (C=O) groups is 2. The molecule has 15 heavy (non-hydrogen) atoms. The van der Waals surface area contributed by atoms with E-state index in [4.69, 9.17) is 10.4 Å². The van der Waals surface area contributed by atoms with E-state index in [9.17, 15) is 9.59 Å². The second-order valence-electron chi connectivity index (χ2n) is 2.16. The summed E-state index contributed by atoms with van der Waals surface area (Å²) in [7, 11) is 1.34. The van der Waals surface area contributed by atoms with Crippen molar-refractivity contribution in [1.82, 2.24) is 5.32 Å². The molecule has 82 valence electrons. The maximum absolute atomic E-state index is 11.0. The van der Waals surface area contributed by atoms with E-state index in [1.54, 1.807) is 0 Å². The lowest BCUT2D eigenvalue weighted by atomic mass is 10.4. The molecule has 0 aliphatic carbocycles. The molecule has 8 nitrogen and oxygen atoms in total. The molecule has 0 aromatic rings. The van der Waals surface area contributed by atoms with E-state index in [0.29, 0.717) is 0 Å². The third-order valence-corrected chi connectivity index (χ3v) is 1.05. The molecule has 0 bridgehead atoms. The minimum absolute atomic E-state index is 0.211. The van der Waals surface area contributed by atoms with Crippen molar-refractivity contribution in [2.24, 2.45) is 5.16 Å². The highest BCUT2D eigenvalue weighted by Gasteiger charge is 2.12. The number of carboxylic acids is 1. The number of oxime groups is 1. The molecule has 2 N–H and O–H groups in total. The maximum Gasteiger partial charge on any atom is 0.322 e. The lowest BCUT2D eigenvalue weighted by Gasteiger charge is -1.99. The molecule has 0 aliphatic heterocycles. The molecule has 8 heteroatoms. The minimum Gasteiger partial charge on any atom is -0.480 e. The van der Waals surface area contributed by atoms with E-state index in [-0.39, 0.29) is 6.79 Å². The molecule has 0 aromatic carbocycles. The van der Waals surface area contributed by atoms with Crippen molar-refractivity contribution in [3.63, 3.8) is 0 Å². The molecular formula is C7H9N3O5. The molecule has 0 saturated heterocycles. The van der Waals surface area contributed by atoms with E-state index in [1.165, 1.54) is 13.2 Å². The Hall–Kier alpha value is -2.14. The van der Waals surface area contributed by atoms with Gasteiger partial charge < -0.3 is 20.0 Å². The number of carboxylic acid groups (broad SMARTS) is 1. The van der Waals surface area contributed by atoms with E-state index >= 15 is 0 Å². The van der Waals surface area contributed by atoms with Crippen molar-refractivity contribution in [3.8, 4) is 6.07 Å². The average molecular weight is 215 g/mol. The molecule has 0 heterocycles. The number of hydrogen-bond acceptors (Lipinski definition) is 6. The smallest absolute Gasteiger partial charge is 0.322 e. The third kappa shape index (κ3) is 6.00. The van der Waals surface area contributed by atoms with Crippen LogP contribution in [0.15, 0.2) is 5.16 Å². The Morgan fingerprint density at radius 2 is 2.27 bits per heavy atom. The Balaban J connectivity index is 4.17. The lowest BCUT2D eigenvalue weighted by molar-refractivity contribution is -0.137. The molecule has 0 fully saturated rings. The number of ether oxygens (including phenoxy) is 1. The first kappa shape index (κ1) is 12.9. The van der Waals surface area contributed by atoms with Crippen LogP contribution in [0.1, 0.15) is 0 Å². The van der Waals surface area contributed by atoms with Crippen molar-refractivity contribution < 1.29 is 24.3 Å². The van der Waals surface area contributed by atoms with Gasteiger partial charge in [-0.05, 0) is 0 Å². The number of aliphatic carboxylic acids is 1. The van der Waals surface area contributed by atoms with Crippen LogP contribution < -0.4 is 5.32 Å². The van der Waals surface area contributed by atoms with Crippen LogP contribution in [0, 0.1) is 11.3 Å². The summed E-state index contributed by atoms with van der Waals surface area (Å²) in [5.74, 6) is -2.14. The predicted molar refractivity (Wildman–Crippen MR) is 46.7 cm³/mol. The molecule has 0 radical (unpaired) electrons. The SMILES string of the molecule is COCO/N=C(\C#N)C(=O)NCC(=O)O. The van der Waals surface area contributed by atoms with Gasteiger partial charge in [0.05, 0.1) is 0 Å². The van der Waals surface area contributed by atoms with Gasteiger partial charge in [-0.2, -0.15) is 5.26 Å². The van der Waals surface area contributed by atoms with Gasteiger partial charge in [-0.15, -0.1) is 0 Å². The Morgan fingerprint density at radius 3 is 2.73 bits per heavy atom. The average Bonchev–Trinajstić information content (AvgIpc) is 2.21. The Morgan fingerprint density at radius 1 is 1.60 bits per heavy atom. The number of nitrogens with one attached hydrogen (secondary N) is 1. The van der Waals surface area contributed by atoms with Crippen molar-refractivity contribution in [1.29, 1.82) is 5.26 Å². The van der Waals surface area contributed by atoms with Crippen LogP contribution in [0.4, 0.5) is 0 Å². The van der Waals surface area contributed by atoms with E-state index in [0.717, 1.165) is 0 Å². The first-order valence-corrected chi connectivity index (χ1v) is 3.70. The van der Waals surface area contributed by atoms with Crippen molar-refractivity contribution >= 4 is 17.6 Å². The zero-order valence-electron chi connectivity index (χ0n) is 7.89. The summed E-state index contributed by atoms with van der Waals surface area (Å²) in [6, 6.07) is 1.45. The van der Waals surface area contributed by atoms with E-state index < -0.39 is 24.1 Å². The van der Waals surface area contributed by atoms with Gasteiger partial charge >= 0.3 is 5.97 Å². The zero-order chi connectivity index (χ0) is 11.7. The number of amides is 1. The van der Waals surface area contributed by atoms with Crippen LogP contribution in [-0.2, 0) is 19.2 Å². The van der Waals surface area contributed by atoms with Crippen LogP contribution >= 0.6 is 0 Å². The molecule has 0 unspecified atom stereocenters. The van der Waals surface area contributed by atoms with Crippen LogP contribution in [0.5, 0.6) is 0 Å². The van der Waals surface area contributed by atoms with Crippen molar-refractivity contribution in [2.45, 2.75) is 0 Å².